The van der Waals surface area contributed by atoms with E-state index in [4.69, 9.17) is 23.2 Å². The minimum Gasteiger partial charge on any atom is -0.368 e. The Bertz CT molecular complexity index is 686. The third kappa shape index (κ3) is 6.41. The highest BCUT2D eigenvalue weighted by Crippen LogP contribution is 2.33. The normalized spacial score (nSPS) is 22.7. The van der Waals surface area contributed by atoms with E-state index in [1.807, 2.05) is 19.2 Å². The Kier molecular flexibility index (Phi) is 8.97. The van der Waals surface area contributed by atoms with E-state index in [-0.39, 0.29) is 6.03 Å². The topological polar surface area (TPSA) is 38.8 Å². The zero-order chi connectivity index (χ0) is 21.5. The Hall–Kier alpha value is -1.17. The molecular weight excluding hydrogens is 419 g/mol. The summed E-state index contributed by atoms with van der Waals surface area (Å²) in [4.78, 5) is 18.9. The Morgan fingerprint density at radius 2 is 1.83 bits per heavy atom. The Morgan fingerprint density at radius 1 is 1.13 bits per heavy atom. The molecule has 1 aliphatic heterocycles. The van der Waals surface area contributed by atoms with Crippen LogP contribution < -0.4 is 10.2 Å². The fourth-order valence-electron chi connectivity index (χ4n) is 4.63. The van der Waals surface area contributed by atoms with Gasteiger partial charge in [0.25, 0.3) is 0 Å². The van der Waals surface area contributed by atoms with Crippen molar-refractivity contribution in [2.24, 2.45) is 5.92 Å². The molecule has 5 nitrogen and oxygen atoms in total. The number of carbonyl (C=O) groups excluding carboxylic acids is 1. The van der Waals surface area contributed by atoms with Gasteiger partial charge in [-0.05, 0) is 63.1 Å². The molecule has 0 bridgehead atoms. The first-order valence-electron chi connectivity index (χ1n) is 11.4. The first-order chi connectivity index (χ1) is 14.5. The van der Waals surface area contributed by atoms with Crippen LogP contribution in [0.25, 0.3) is 0 Å². The number of urea groups is 1. The maximum atomic E-state index is 12.2. The van der Waals surface area contributed by atoms with Crippen molar-refractivity contribution in [3.63, 3.8) is 0 Å². The summed E-state index contributed by atoms with van der Waals surface area (Å²) in [5.74, 6) is 0.784. The predicted molar refractivity (Wildman–Crippen MR) is 127 cm³/mol. The van der Waals surface area contributed by atoms with Crippen LogP contribution in [0.2, 0.25) is 10.0 Å². The molecule has 2 aliphatic rings. The van der Waals surface area contributed by atoms with Crippen LogP contribution >= 0.6 is 23.2 Å². The van der Waals surface area contributed by atoms with Gasteiger partial charge in [0, 0.05) is 45.8 Å². The number of hydrogen-bond donors (Lipinski definition) is 1. The Morgan fingerprint density at radius 3 is 2.50 bits per heavy atom. The van der Waals surface area contributed by atoms with E-state index in [1.165, 1.54) is 19.3 Å². The molecule has 168 valence electrons. The summed E-state index contributed by atoms with van der Waals surface area (Å²) in [5, 5.41) is 4.50. The molecule has 1 aromatic carbocycles. The molecule has 2 amide bonds. The molecule has 1 aromatic rings. The average Bonchev–Trinajstić information content (AvgIpc) is 2.76. The summed E-state index contributed by atoms with van der Waals surface area (Å²) >= 11 is 12.6. The highest BCUT2D eigenvalue weighted by molar-refractivity contribution is 6.43. The second kappa shape index (κ2) is 11.4. The van der Waals surface area contributed by atoms with E-state index in [1.54, 1.807) is 4.90 Å². The van der Waals surface area contributed by atoms with Gasteiger partial charge in [0.1, 0.15) is 0 Å². The smallest absolute Gasteiger partial charge is 0.317 e. The minimum atomic E-state index is 0.0815. The van der Waals surface area contributed by atoms with Crippen LogP contribution in [0.5, 0.6) is 0 Å². The standard InChI is InChI=1S/C23H36Cl2N4O/c1-3-12-27(2)23(30)26-19-9-7-18(8-10-19)11-13-28-14-16-29(17-15-28)21-6-4-5-20(24)22(21)25/h4-6,18-19H,3,7-17H2,1-2H3,(H,26,30). The van der Waals surface area contributed by atoms with Crippen molar-refractivity contribution in [2.75, 3.05) is 51.2 Å². The lowest BCUT2D eigenvalue weighted by atomic mass is 9.84. The van der Waals surface area contributed by atoms with Crippen LogP contribution in [0.4, 0.5) is 10.5 Å². The predicted octanol–water partition coefficient (Wildman–Crippen LogP) is 5.12. The molecule has 1 N–H and O–H groups in total. The van der Waals surface area contributed by atoms with Crippen molar-refractivity contribution in [1.82, 2.24) is 15.1 Å². The number of nitrogens with one attached hydrogen (secondary N) is 1. The third-order valence-corrected chi connectivity index (χ3v) is 7.39. The van der Waals surface area contributed by atoms with Gasteiger partial charge in [0.05, 0.1) is 15.7 Å². The number of carbonyl (C=O) groups is 1. The molecular formula is C23H36Cl2N4O. The van der Waals surface area contributed by atoms with Crippen LogP contribution in [0.15, 0.2) is 18.2 Å². The van der Waals surface area contributed by atoms with Crippen molar-refractivity contribution in [1.29, 1.82) is 0 Å². The molecule has 1 saturated carbocycles. The fourth-order valence-corrected chi connectivity index (χ4v) is 5.05. The molecule has 0 unspecified atom stereocenters. The highest BCUT2D eigenvalue weighted by Gasteiger charge is 2.25. The number of anilines is 1. The maximum Gasteiger partial charge on any atom is 0.317 e. The van der Waals surface area contributed by atoms with Gasteiger partial charge in [-0.1, -0.05) is 36.2 Å². The number of amides is 2. The summed E-state index contributed by atoms with van der Waals surface area (Å²) in [6.07, 6.45) is 6.92. The van der Waals surface area contributed by atoms with Crippen LogP contribution in [0, 0.1) is 5.92 Å². The molecule has 2 fully saturated rings. The number of benzene rings is 1. The maximum absolute atomic E-state index is 12.2. The van der Waals surface area contributed by atoms with Crippen LogP contribution in [0.1, 0.15) is 45.4 Å². The van der Waals surface area contributed by atoms with Crippen molar-refractivity contribution >= 4 is 34.9 Å². The lowest BCUT2D eigenvalue weighted by molar-refractivity contribution is 0.189. The molecule has 0 radical (unpaired) electrons. The van der Waals surface area contributed by atoms with Gasteiger partial charge in [-0.3, -0.25) is 4.90 Å². The van der Waals surface area contributed by atoms with E-state index < -0.39 is 0 Å². The third-order valence-electron chi connectivity index (χ3n) is 6.58. The molecule has 30 heavy (non-hydrogen) atoms. The van der Waals surface area contributed by atoms with E-state index >= 15 is 0 Å². The van der Waals surface area contributed by atoms with Gasteiger partial charge in [0.2, 0.25) is 0 Å². The van der Waals surface area contributed by atoms with Crippen LogP contribution in [-0.4, -0.2) is 68.2 Å². The number of piperazine rings is 1. The Balaban J connectivity index is 1.34. The lowest BCUT2D eigenvalue weighted by Gasteiger charge is -2.37. The van der Waals surface area contributed by atoms with E-state index in [2.05, 4.69) is 28.1 Å². The molecule has 1 heterocycles. The number of halogens is 2. The zero-order valence-electron chi connectivity index (χ0n) is 18.4. The van der Waals surface area contributed by atoms with Gasteiger partial charge >= 0.3 is 6.03 Å². The minimum absolute atomic E-state index is 0.0815. The summed E-state index contributed by atoms with van der Waals surface area (Å²) in [5.41, 5.74) is 1.05. The summed E-state index contributed by atoms with van der Waals surface area (Å²) in [7, 11) is 1.88. The largest absolute Gasteiger partial charge is 0.368 e. The Labute approximate surface area is 191 Å². The molecule has 1 aliphatic carbocycles. The van der Waals surface area contributed by atoms with Crippen molar-refractivity contribution in [3.05, 3.63) is 28.2 Å². The SMILES string of the molecule is CCCN(C)C(=O)NC1CCC(CCN2CCN(c3cccc(Cl)c3Cl)CC2)CC1. The fraction of sp³-hybridized carbons (Fsp3) is 0.696. The van der Waals surface area contributed by atoms with E-state index in [9.17, 15) is 4.79 Å². The summed E-state index contributed by atoms with van der Waals surface area (Å²) < 4.78 is 0. The lowest BCUT2D eigenvalue weighted by Crippen LogP contribution is -2.47. The number of rotatable bonds is 7. The quantitative estimate of drug-likeness (QED) is 0.621. The van der Waals surface area contributed by atoms with Gasteiger partial charge in [0.15, 0.2) is 0 Å². The highest BCUT2D eigenvalue weighted by atomic mass is 35.5. The van der Waals surface area contributed by atoms with E-state index in [0.717, 1.165) is 70.1 Å². The van der Waals surface area contributed by atoms with Gasteiger partial charge in [-0.2, -0.15) is 0 Å². The molecule has 1 saturated heterocycles. The van der Waals surface area contributed by atoms with Gasteiger partial charge in [-0.25, -0.2) is 4.79 Å². The average molecular weight is 455 g/mol. The first kappa shape index (κ1) is 23.5. The van der Waals surface area contributed by atoms with Crippen LogP contribution in [-0.2, 0) is 0 Å². The zero-order valence-corrected chi connectivity index (χ0v) is 19.9. The van der Waals surface area contributed by atoms with Crippen molar-refractivity contribution < 1.29 is 4.79 Å². The summed E-state index contributed by atoms with van der Waals surface area (Å²) in [6.45, 7) is 8.20. The molecule has 0 atom stereocenters. The summed E-state index contributed by atoms with van der Waals surface area (Å²) in [6, 6.07) is 6.29. The van der Waals surface area contributed by atoms with Crippen molar-refractivity contribution in [3.8, 4) is 0 Å². The number of nitrogens with zero attached hydrogens (tertiary/aromatic N) is 3. The molecule has 3 rings (SSSR count). The molecule has 0 spiro atoms. The van der Waals surface area contributed by atoms with Gasteiger partial charge < -0.3 is 15.1 Å². The molecule has 7 heteroatoms. The second-order valence-electron chi connectivity index (χ2n) is 8.78. The van der Waals surface area contributed by atoms with Crippen LogP contribution in [0.3, 0.4) is 0 Å². The van der Waals surface area contributed by atoms with Crippen molar-refractivity contribution in [2.45, 2.75) is 51.5 Å². The first-order valence-corrected chi connectivity index (χ1v) is 12.2. The molecule has 0 aromatic heterocycles. The number of hydrogen-bond acceptors (Lipinski definition) is 3. The second-order valence-corrected chi connectivity index (χ2v) is 9.56. The van der Waals surface area contributed by atoms with E-state index in [0.29, 0.717) is 16.1 Å². The monoisotopic (exact) mass is 454 g/mol. The van der Waals surface area contributed by atoms with Gasteiger partial charge in [-0.15, -0.1) is 0 Å².